The summed E-state index contributed by atoms with van der Waals surface area (Å²) in [7, 11) is 0. The van der Waals surface area contributed by atoms with Crippen LogP contribution in [0.3, 0.4) is 0 Å². The largest absolute Gasteiger partial charge is 0.387 e. The number of nitro groups is 1. The average Bonchev–Trinajstić information content (AvgIpc) is 2.87. The Morgan fingerprint density at radius 3 is 2.03 bits per heavy atom. The average molecular weight is 461 g/mol. The Kier molecular flexibility index (Phi) is 7.90. The van der Waals surface area contributed by atoms with Crippen LogP contribution in [0.1, 0.15) is 35.8 Å². The van der Waals surface area contributed by atoms with Crippen molar-refractivity contribution in [2.45, 2.75) is 19.1 Å². The molecule has 2 N–H and O–H groups in total. The van der Waals surface area contributed by atoms with Gasteiger partial charge in [-0.15, -0.1) is 0 Å². The molecule has 0 radical (unpaired) electrons. The van der Waals surface area contributed by atoms with E-state index in [2.05, 4.69) is 63.6 Å². The highest BCUT2D eigenvalue weighted by atomic mass is 16.6. The quantitative estimate of drug-likeness (QED) is 0.362. The summed E-state index contributed by atoms with van der Waals surface area (Å²) in [6.45, 7) is 6.34. The number of aliphatic hydroxyl groups is 1. The predicted octanol–water partition coefficient (Wildman–Crippen LogP) is 4.47. The van der Waals surface area contributed by atoms with E-state index in [1.165, 1.54) is 17.2 Å². The van der Waals surface area contributed by atoms with Gasteiger partial charge in [-0.3, -0.25) is 19.9 Å². The van der Waals surface area contributed by atoms with Crippen molar-refractivity contribution in [3.63, 3.8) is 0 Å². The summed E-state index contributed by atoms with van der Waals surface area (Å²) in [6.07, 6.45) is -0.778. The zero-order valence-corrected chi connectivity index (χ0v) is 19.5. The second-order valence-electron chi connectivity index (χ2n) is 8.64. The van der Waals surface area contributed by atoms with E-state index in [9.17, 15) is 15.2 Å². The molecule has 0 bridgehead atoms. The second kappa shape index (κ2) is 11.2. The van der Waals surface area contributed by atoms with Crippen molar-refractivity contribution in [3.8, 4) is 0 Å². The van der Waals surface area contributed by atoms with Crippen molar-refractivity contribution >= 4 is 11.4 Å². The number of benzene rings is 3. The van der Waals surface area contributed by atoms with Gasteiger partial charge in [0.25, 0.3) is 5.69 Å². The van der Waals surface area contributed by atoms with Crippen LogP contribution in [0.25, 0.3) is 0 Å². The summed E-state index contributed by atoms with van der Waals surface area (Å²) in [5.41, 5.74) is 3.59. The lowest BCUT2D eigenvalue weighted by Gasteiger charge is -2.40. The van der Waals surface area contributed by atoms with E-state index in [1.807, 2.05) is 19.1 Å². The minimum Gasteiger partial charge on any atom is -0.387 e. The van der Waals surface area contributed by atoms with E-state index >= 15 is 0 Å². The maximum Gasteiger partial charge on any atom is 0.292 e. The standard InChI is InChI=1S/C27H32N4O3/c1-2-28-24-14-13-23(19-25(24)31(33)34)26(32)20-29-15-17-30(18-16-29)27(21-9-5-3-6-10-21)22-11-7-4-8-12-22/h3-14,19,26-28,32H,2,15-18,20H2,1H3. The molecule has 0 amide bonds. The van der Waals surface area contributed by atoms with Crippen LogP contribution in [0, 0.1) is 10.1 Å². The van der Waals surface area contributed by atoms with Crippen LogP contribution in [0.4, 0.5) is 11.4 Å². The van der Waals surface area contributed by atoms with Crippen molar-refractivity contribution < 1.29 is 10.0 Å². The van der Waals surface area contributed by atoms with Gasteiger partial charge in [0.15, 0.2) is 0 Å². The maximum absolute atomic E-state index is 11.5. The molecule has 1 atom stereocenters. The molecule has 0 aliphatic carbocycles. The molecule has 1 aliphatic rings. The van der Waals surface area contributed by atoms with Crippen LogP contribution >= 0.6 is 0 Å². The fraction of sp³-hybridized carbons (Fsp3) is 0.333. The summed E-state index contributed by atoms with van der Waals surface area (Å²) in [5.74, 6) is 0. The molecule has 3 aromatic rings. The number of anilines is 1. The SMILES string of the molecule is CCNc1ccc(C(O)CN2CCN(C(c3ccccc3)c3ccccc3)CC2)cc1[N+](=O)[O-]. The van der Waals surface area contributed by atoms with Gasteiger partial charge in [0, 0.05) is 45.3 Å². The van der Waals surface area contributed by atoms with Gasteiger partial charge >= 0.3 is 0 Å². The molecule has 1 saturated heterocycles. The fourth-order valence-corrected chi connectivity index (χ4v) is 4.69. The third-order valence-electron chi connectivity index (χ3n) is 6.40. The number of rotatable bonds is 9. The van der Waals surface area contributed by atoms with E-state index in [-0.39, 0.29) is 11.7 Å². The zero-order valence-electron chi connectivity index (χ0n) is 19.5. The van der Waals surface area contributed by atoms with Crippen LogP contribution in [0.15, 0.2) is 78.9 Å². The zero-order chi connectivity index (χ0) is 23.9. The Morgan fingerprint density at radius 1 is 0.912 bits per heavy atom. The first-order valence-electron chi connectivity index (χ1n) is 11.8. The van der Waals surface area contributed by atoms with Gasteiger partial charge in [-0.2, -0.15) is 0 Å². The number of hydrogen-bond donors (Lipinski definition) is 2. The molecule has 1 aliphatic heterocycles. The van der Waals surface area contributed by atoms with Gasteiger partial charge in [0.2, 0.25) is 0 Å². The van der Waals surface area contributed by atoms with Crippen molar-refractivity contribution in [1.29, 1.82) is 0 Å². The van der Waals surface area contributed by atoms with Crippen molar-refractivity contribution in [3.05, 3.63) is 106 Å². The third kappa shape index (κ3) is 5.62. The third-order valence-corrected chi connectivity index (χ3v) is 6.40. The molecule has 0 saturated carbocycles. The smallest absolute Gasteiger partial charge is 0.292 e. The van der Waals surface area contributed by atoms with Gasteiger partial charge in [0.1, 0.15) is 5.69 Å². The molecule has 3 aromatic carbocycles. The minimum absolute atomic E-state index is 0.00298. The Hall–Kier alpha value is -3.26. The molecule has 1 heterocycles. The first-order chi connectivity index (χ1) is 16.6. The van der Waals surface area contributed by atoms with Gasteiger partial charge < -0.3 is 10.4 Å². The van der Waals surface area contributed by atoms with E-state index in [0.717, 1.165) is 26.2 Å². The lowest BCUT2D eigenvalue weighted by molar-refractivity contribution is -0.384. The van der Waals surface area contributed by atoms with Crippen LogP contribution in [0.5, 0.6) is 0 Å². The Bertz CT molecular complexity index is 1030. The summed E-state index contributed by atoms with van der Waals surface area (Å²) < 4.78 is 0. The van der Waals surface area contributed by atoms with Crippen LogP contribution in [-0.2, 0) is 0 Å². The molecule has 4 rings (SSSR count). The minimum atomic E-state index is -0.778. The van der Waals surface area contributed by atoms with Crippen molar-refractivity contribution in [2.24, 2.45) is 0 Å². The van der Waals surface area contributed by atoms with E-state index < -0.39 is 11.0 Å². The number of piperazine rings is 1. The summed E-state index contributed by atoms with van der Waals surface area (Å²) >= 11 is 0. The number of hydrogen-bond acceptors (Lipinski definition) is 6. The highest BCUT2D eigenvalue weighted by Crippen LogP contribution is 2.31. The Balaban J connectivity index is 1.42. The second-order valence-corrected chi connectivity index (χ2v) is 8.64. The van der Waals surface area contributed by atoms with Crippen LogP contribution < -0.4 is 5.32 Å². The molecular formula is C27H32N4O3. The first-order valence-corrected chi connectivity index (χ1v) is 11.8. The van der Waals surface area contributed by atoms with Gasteiger partial charge in [-0.05, 0) is 29.7 Å². The number of nitrogens with one attached hydrogen (secondary N) is 1. The number of nitro benzene ring substituents is 1. The van der Waals surface area contributed by atoms with Crippen molar-refractivity contribution in [2.75, 3.05) is 44.6 Å². The molecule has 0 aromatic heterocycles. The van der Waals surface area contributed by atoms with Gasteiger partial charge in [-0.1, -0.05) is 66.7 Å². The maximum atomic E-state index is 11.5. The normalized spacial score (nSPS) is 15.9. The first kappa shape index (κ1) is 23.9. The molecule has 178 valence electrons. The highest BCUT2D eigenvalue weighted by Gasteiger charge is 2.27. The van der Waals surface area contributed by atoms with E-state index in [0.29, 0.717) is 24.3 Å². The lowest BCUT2D eigenvalue weighted by atomic mass is 9.96. The topological polar surface area (TPSA) is 81.9 Å². The molecule has 34 heavy (non-hydrogen) atoms. The van der Waals surface area contributed by atoms with E-state index in [1.54, 1.807) is 12.1 Å². The molecule has 1 fully saturated rings. The fourth-order valence-electron chi connectivity index (χ4n) is 4.69. The summed E-state index contributed by atoms with van der Waals surface area (Å²) in [6, 6.07) is 26.3. The number of β-amino-alcohol motifs (C(OH)–C–C–N with tert-alkyl or cyclic N) is 1. The molecule has 1 unspecified atom stereocenters. The summed E-state index contributed by atoms with van der Waals surface area (Å²) in [5, 5.41) is 25.3. The van der Waals surface area contributed by atoms with Crippen LogP contribution in [0.2, 0.25) is 0 Å². The van der Waals surface area contributed by atoms with Crippen molar-refractivity contribution in [1.82, 2.24) is 9.80 Å². The van der Waals surface area contributed by atoms with Gasteiger partial charge in [0.05, 0.1) is 17.1 Å². The summed E-state index contributed by atoms with van der Waals surface area (Å²) in [4.78, 5) is 15.8. The lowest BCUT2D eigenvalue weighted by Crippen LogP contribution is -2.48. The van der Waals surface area contributed by atoms with Gasteiger partial charge in [-0.25, -0.2) is 0 Å². The monoisotopic (exact) mass is 460 g/mol. The Morgan fingerprint density at radius 2 is 1.50 bits per heavy atom. The highest BCUT2D eigenvalue weighted by molar-refractivity contribution is 5.62. The molecule has 7 nitrogen and oxygen atoms in total. The molecule has 0 spiro atoms. The predicted molar refractivity (Wildman–Crippen MR) is 135 cm³/mol. The molecule has 7 heteroatoms. The van der Waals surface area contributed by atoms with E-state index in [4.69, 9.17) is 0 Å². The van der Waals surface area contributed by atoms with Crippen LogP contribution in [-0.4, -0.2) is 59.1 Å². The number of aliphatic hydroxyl groups excluding tert-OH is 1. The molecular weight excluding hydrogens is 428 g/mol. The number of nitrogens with zero attached hydrogens (tertiary/aromatic N) is 3. The Labute approximate surface area is 200 Å².